The van der Waals surface area contributed by atoms with Crippen LogP contribution < -0.4 is 10.4 Å². The highest BCUT2D eigenvalue weighted by atomic mass is 32.1. The predicted octanol–water partition coefficient (Wildman–Crippen LogP) is 4.68. The zero-order valence-corrected chi connectivity index (χ0v) is 20.1. The van der Waals surface area contributed by atoms with Gasteiger partial charge in [-0.15, -0.1) is 11.3 Å². The van der Waals surface area contributed by atoms with E-state index in [0.29, 0.717) is 16.2 Å². The summed E-state index contributed by atoms with van der Waals surface area (Å²) < 4.78 is 0. The van der Waals surface area contributed by atoms with Gasteiger partial charge in [0.05, 0.1) is 16.3 Å². The van der Waals surface area contributed by atoms with Crippen LogP contribution >= 0.6 is 11.3 Å². The van der Waals surface area contributed by atoms with Gasteiger partial charge in [0, 0.05) is 27.9 Å². The Hall–Kier alpha value is -3.85. The molecule has 3 rings (SSSR count). The van der Waals surface area contributed by atoms with E-state index in [-0.39, 0.29) is 33.9 Å². The summed E-state index contributed by atoms with van der Waals surface area (Å²) in [5.41, 5.74) is 2.58. The number of aliphatic imine (C=N–C) groups is 1. The minimum atomic E-state index is -1.18. The second-order valence-electron chi connectivity index (χ2n) is 8.82. The molecule has 1 aromatic heterocycles. The lowest BCUT2D eigenvalue weighted by Crippen LogP contribution is -2.18. The molecule has 0 bridgehead atoms. The summed E-state index contributed by atoms with van der Waals surface area (Å²) in [6, 6.07) is 11.5. The second-order valence-corrected chi connectivity index (χ2v) is 9.70. The molecule has 0 unspecified atom stereocenters. The molecular formula is C25H26N2O6S. The Morgan fingerprint density at radius 3 is 2.29 bits per heavy atom. The van der Waals surface area contributed by atoms with Gasteiger partial charge in [0.25, 0.3) is 11.6 Å². The van der Waals surface area contributed by atoms with Crippen LogP contribution in [0.25, 0.3) is 22.1 Å². The third kappa shape index (κ3) is 5.20. The number of non-ortho nitro benzene ring substituents is 1. The molecule has 2 aromatic carbocycles. The maximum atomic E-state index is 11.2. The van der Waals surface area contributed by atoms with E-state index in [1.54, 1.807) is 12.3 Å². The number of aliphatic hydroxyl groups excluding tert-OH is 2. The summed E-state index contributed by atoms with van der Waals surface area (Å²) in [6.45, 7) is 7.93. The predicted molar refractivity (Wildman–Crippen MR) is 134 cm³/mol. The summed E-state index contributed by atoms with van der Waals surface area (Å²) in [6.07, 6.45) is 0. The fraction of sp³-hybridized carbons (Fsp3) is 0.240. The minimum absolute atomic E-state index is 0.0282. The van der Waals surface area contributed by atoms with Crippen molar-refractivity contribution >= 4 is 34.4 Å². The average molecular weight is 483 g/mol. The largest absolute Gasteiger partial charge is 0.510 e. The molecule has 178 valence electrons. The van der Waals surface area contributed by atoms with Crippen molar-refractivity contribution in [3.05, 3.63) is 79.5 Å². The van der Waals surface area contributed by atoms with Crippen LogP contribution in [-0.4, -0.2) is 37.6 Å². The van der Waals surface area contributed by atoms with Gasteiger partial charge in [0.2, 0.25) is 0 Å². The van der Waals surface area contributed by atoms with E-state index < -0.39 is 16.6 Å². The second kappa shape index (κ2) is 9.56. The highest BCUT2D eigenvalue weighted by Crippen LogP contribution is 2.39. The Balaban J connectivity index is 1.90. The van der Waals surface area contributed by atoms with E-state index in [1.165, 1.54) is 23.0 Å². The first-order chi connectivity index (χ1) is 15.9. The number of aliphatic hydroxyl groups is 3. The molecule has 1 heterocycles. The van der Waals surface area contributed by atoms with Crippen molar-refractivity contribution in [3.8, 4) is 16.2 Å². The highest BCUT2D eigenvalue weighted by Gasteiger charge is 2.17. The lowest BCUT2D eigenvalue weighted by molar-refractivity contribution is -0.386. The maximum absolute atomic E-state index is 11.2. The number of hydrogen-bond donors (Lipinski definition) is 4. The fourth-order valence-corrected chi connectivity index (χ4v) is 4.37. The van der Waals surface area contributed by atoms with E-state index in [2.05, 4.69) is 25.8 Å². The minimum Gasteiger partial charge on any atom is -0.510 e. The number of benzene rings is 2. The van der Waals surface area contributed by atoms with Crippen molar-refractivity contribution < 1.29 is 25.3 Å². The van der Waals surface area contributed by atoms with E-state index in [0.717, 1.165) is 17.7 Å². The molecule has 0 saturated heterocycles. The molecule has 0 amide bonds. The normalized spacial score (nSPS) is 13.0. The number of nitro groups is 1. The number of aromatic hydroxyl groups is 1. The Labute approximate surface area is 200 Å². The summed E-state index contributed by atoms with van der Waals surface area (Å²) in [4.78, 5) is 15.5. The molecule has 0 saturated carbocycles. The van der Waals surface area contributed by atoms with Crippen LogP contribution in [0.2, 0.25) is 0 Å². The Morgan fingerprint density at radius 2 is 1.74 bits per heavy atom. The molecular weight excluding hydrogens is 456 g/mol. The van der Waals surface area contributed by atoms with Crippen molar-refractivity contribution in [2.45, 2.75) is 33.1 Å². The van der Waals surface area contributed by atoms with Crippen molar-refractivity contribution in [3.63, 3.8) is 0 Å². The molecule has 0 spiro atoms. The van der Waals surface area contributed by atoms with Gasteiger partial charge in [-0.05, 0) is 29.5 Å². The van der Waals surface area contributed by atoms with Crippen molar-refractivity contribution in [2.75, 3.05) is 6.54 Å². The molecule has 9 heteroatoms. The molecule has 34 heavy (non-hydrogen) atoms. The quantitative estimate of drug-likeness (QED) is 0.237. The summed E-state index contributed by atoms with van der Waals surface area (Å²) >= 11 is 1.39. The van der Waals surface area contributed by atoms with Crippen LogP contribution in [0.3, 0.4) is 0 Å². The average Bonchev–Trinajstić information content (AvgIpc) is 3.17. The first-order valence-electron chi connectivity index (χ1n) is 10.4. The first-order valence-corrected chi connectivity index (χ1v) is 11.3. The number of rotatable bonds is 5. The van der Waals surface area contributed by atoms with Crippen LogP contribution in [-0.2, 0) is 5.41 Å². The van der Waals surface area contributed by atoms with Crippen molar-refractivity contribution in [1.29, 1.82) is 0 Å². The molecule has 0 aliphatic rings. The van der Waals surface area contributed by atoms with E-state index >= 15 is 0 Å². The molecule has 0 aliphatic carbocycles. The summed E-state index contributed by atoms with van der Waals surface area (Å²) in [7, 11) is 0. The van der Waals surface area contributed by atoms with Gasteiger partial charge in [-0.2, -0.15) is 0 Å². The van der Waals surface area contributed by atoms with E-state index in [4.69, 9.17) is 0 Å². The molecule has 8 nitrogen and oxygen atoms in total. The Morgan fingerprint density at radius 1 is 1.09 bits per heavy atom. The topological polar surface area (TPSA) is 136 Å². The van der Waals surface area contributed by atoms with Gasteiger partial charge < -0.3 is 20.4 Å². The van der Waals surface area contributed by atoms with Crippen molar-refractivity contribution in [1.82, 2.24) is 0 Å². The summed E-state index contributed by atoms with van der Waals surface area (Å²) in [5, 5.41) is 52.3. The van der Waals surface area contributed by atoms with E-state index in [9.17, 15) is 30.5 Å². The zero-order valence-electron chi connectivity index (χ0n) is 19.2. The van der Waals surface area contributed by atoms with Crippen LogP contribution in [0.15, 0.2) is 52.8 Å². The Kier molecular flexibility index (Phi) is 6.97. The zero-order chi connectivity index (χ0) is 25.2. The van der Waals surface area contributed by atoms with Crippen LogP contribution in [0.4, 0.5) is 5.69 Å². The van der Waals surface area contributed by atoms with Crippen LogP contribution in [0.5, 0.6) is 5.75 Å². The first kappa shape index (κ1) is 24.8. The lowest BCUT2D eigenvalue weighted by Gasteiger charge is -2.19. The van der Waals surface area contributed by atoms with Gasteiger partial charge >= 0.3 is 0 Å². The maximum Gasteiger partial charge on any atom is 0.288 e. The fourth-order valence-electron chi connectivity index (χ4n) is 3.36. The standard InChI is InChI=1S/C25H26N2O6S/c1-14(26-12-21(28)16-7-10-18(24(30)31)20(11-16)27(32)33)19-13-34-23(22(19)29)15-5-8-17(9-6-15)25(2,3)4/h5-11,13,28-31H,12H2,1-4H3. The monoisotopic (exact) mass is 482 g/mol. The van der Waals surface area contributed by atoms with Gasteiger partial charge in [-0.1, -0.05) is 51.1 Å². The van der Waals surface area contributed by atoms with Gasteiger partial charge in [0.15, 0.2) is 0 Å². The number of hydrogen-bond acceptors (Lipinski definition) is 8. The number of nitrogens with zero attached hydrogens (tertiary/aromatic N) is 2. The van der Waals surface area contributed by atoms with Crippen LogP contribution in [0, 0.1) is 10.1 Å². The SMILES string of the molecule is CC(=NCC(O)=c1ccc(=C(O)O)c([N+](=O)[O-])c1)c1csc(-c2ccc(C(C)(C)C)cc2)c1O. The molecule has 0 atom stereocenters. The third-order valence-electron chi connectivity index (χ3n) is 5.40. The molecule has 0 fully saturated rings. The Bertz CT molecular complexity index is 1380. The third-order valence-corrected chi connectivity index (χ3v) is 6.42. The van der Waals surface area contributed by atoms with Gasteiger partial charge in [-0.3, -0.25) is 15.1 Å². The number of nitro benzene ring substituents is 1. The van der Waals surface area contributed by atoms with E-state index in [1.807, 2.05) is 24.3 Å². The molecule has 4 N–H and O–H groups in total. The smallest absolute Gasteiger partial charge is 0.288 e. The highest BCUT2D eigenvalue weighted by molar-refractivity contribution is 7.14. The molecule has 0 radical (unpaired) electrons. The number of thiophene rings is 1. The summed E-state index contributed by atoms with van der Waals surface area (Å²) in [5.74, 6) is -1.31. The lowest BCUT2D eigenvalue weighted by atomic mass is 9.86. The van der Waals surface area contributed by atoms with Crippen LogP contribution in [0.1, 0.15) is 38.8 Å². The van der Waals surface area contributed by atoms with Crippen molar-refractivity contribution in [2.24, 2.45) is 4.99 Å². The molecule has 3 aromatic rings. The van der Waals surface area contributed by atoms with Gasteiger partial charge in [-0.25, -0.2) is 0 Å². The van der Waals surface area contributed by atoms with Gasteiger partial charge in [0.1, 0.15) is 16.7 Å². The molecule has 0 aliphatic heterocycles.